The lowest BCUT2D eigenvalue weighted by Gasteiger charge is -2.11. The van der Waals surface area contributed by atoms with E-state index < -0.39 is 0 Å². The molecule has 0 atom stereocenters. The zero-order valence-corrected chi connectivity index (χ0v) is 19.1. The second kappa shape index (κ2) is 7.73. The molecular weight excluding hydrogens is 443 g/mol. The molecule has 0 aliphatic carbocycles. The van der Waals surface area contributed by atoms with Gasteiger partial charge in [-0.1, -0.05) is 67.7 Å². The lowest BCUT2D eigenvalue weighted by atomic mass is 9.97. The van der Waals surface area contributed by atoms with Crippen molar-refractivity contribution >= 4 is 34.8 Å². The van der Waals surface area contributed by atoms with Crippen molar-refractivity contribution < 1.29 is 4.42 Å². The Balaban J connectivity index is 1.97. The third-order valence-electron chi connectivity index (χ3n) is 4.63. The fraction of sp³-hybridized carbons (Fsp3) is 0.227. The third-order valence-corrected chi connectivity index (χ3v) is 5.40. The maximum absolute atomic E-state index is 6.50. The van der Waals surface area contributed by atoms with E-state index in [1.165, 1.54) is 0 Å². The molecule has 0 bridgehead atoms. The van der Waals surface area contributed by atoms with E-state index in [1.807, 2.05) is 58.0 Å². The first-order chi connectivity index (χ1) is 14.1. The van der Waals surface area contributed by atoms with Crippen LogP contribution >= 0.6 is 34.8 Å². The second-order valence-electron chi connectivity index (χ2n) is 8.00. The van der Waals surface area contributed by atoms with Crippen LogP contribution in [0.4, 0.5) is 0 Å². The van der Waals surface area contributed by atoms with E-state index >= 15 is 0 Å². The van der Waals surface area contributed by atoms with Crippen LogP contribution in [0.5, 0.6) is 0 Å². The van der Waals surface area contributed by atoms with E-state index in [-0.39, 0.29) is 5.41 Å². The zero-order chi connectivity index (χ0) is 21.6. The average molecular weight is 462 g/mol. The van der Waals surface area contributed by atoms with Gasteiger partial charge in [0.05, 0.1) is 16.4 Å². The Morgan fingerprint density at radius 3 is 2.30 bits per heavy atom. The Bertz CT molecular complexity index is 1240. The summed E-state index contributed by atoms with van der Waals surface area (Å²) in [4.78, 5) is 0. The minimum Gasteiger partial charge on any atom is -0.419 e. The standard InChI is InChI=1S/C22H19Cl3N4O/c1-12-18(20-26-27-21(30-20)22(2,3)4)28-29(17-9-8-15(24)11-16(17)25)19(12)13-6-5-7-14(23)10-13/h5-11H,1-4H3. The summed E-state index contributed by atoms with van der Waals surface area (Å²) in [6.45, 7) is 8.00. The van der Waals surface area contributed by atoms with Gasteiger partial charge in [-0.3, -0.25) is 0 Å². The van der Waals surface area contributed by atoms with Crippen LogP contribution in [0.1, 0.15) is 32.2 Å². The van der Waals surface area contributed by atoms with Crippen LogP contribution < -0.4 is 0 Å². The largest absolute Gasteiger partial charge is 0.419 e. The third kappa shape index (κ3) is 3.85. The number of hydrogen-bond donors (Lipinski definition) is 0. The molecule has 0 aliphatic heterocycles. The molecule has 0 saturated heterocycles. The Hall–Kier alpha value is -2.34. The summed E-state index contributed by atoms with van der Waals surface area (Å²) in [5.41, 5.74) is 3.58. The van der Waals surface area contributed by atoms with E-state index in [0.29, 0.717) is 38.2 Å². The van der Waals surface area contributed by atoms with Crippen molar-refractivity contribution in [3.63, 3.8) is 0 Å². The molecule has 2 aromatic heterocycles. The van der Waals surface area contributed by atoms with Gasteiger partial charge >= 0.3 is 0 Å². The van der Waals surface area contributed by atoms with E-state index in [1.54, 1.807) is 16.8 Å². The number of halogens is 3. The van der Waals surface area contributed by atoms with Crippen molar-refractivity contribution in [1.29, 1.82) is 0 Å². The molecule has 8 heteroatoms. The van der Waals surface area contributed by atoms with Gasteiger partial charge in [0.25, 0.3) is 5.89 Å². The molecule has 2 heterocycles. The highest BCUT2D eigenvalue weighted by molar-refractivity contribution is 6.35. The van der Waals surface area contributed by atoms with Crippen LogP contribution in [0.3, 0.4) is 0 Å². The summed E-state index contributed by atoms with van der Waals surface area (Å²) in [7, 11) is 0. The quantitative estimate of drug-likeness (QED) is 0.325. The van der Waals surface area contributed by atoms with Crippen molar-refractivity contribution in [1.82, 2.24) is 20.0 Å². The molecule has 0 saturated carbocycles. The number of aromatic nitrogens is 4. The summed E-state index contributed by atoms with van der Waals surface area (Å²) in [5, 5.41) is 14.9. The lowest BCUT2D eigenvalue weighted by Crippen LogP contribution is -2.11. The van der Waals surface area contributed by atoms with E-state index in [0.717, 1.165) is 16.8 Å². The SMILES string of the molecule is Cc1c(-c2nnc(C(C)(C)C)o2)nn(-c2ccc(Cl)cc2Cl)c1-c1cccc(Cl)c1. The highest BCUT2D eigenvalue weighted by Crippen LogP contribution is 2.37. The number of rotatable bonds is 3. The van der Waals surface area contributed by atoms with Crippen molar-refractivity contribution in [3.05, 3.63) is 69.0 Å². The molecule has 30 heavy (non-hydrogen) atoms. The zero-order valence-electron chi connectivity index (χ0n) is 16.9. The molecule has 0 unspecified atom stereocenters. The van der Waals surface area contributed by atoms with E-state index in [9.17, 15) is 0 Å². The predicted octanol–water partition coefficient (Wildman–Crippen LogP) is 7.16. The minimum absolute atomic E-state index is 0.267. The molecule has 4 rings (SSSR count). The Morgan fingerprint density at radius 2 is 1.67 bits per heavy atom. The van der Waals surface area contributed by atoms with Gasteiger partial charge in [-0.05, 0) is 37.3 Å². The Kier molecular flexibility index (Phi) is 5.39. The van der Waals surface area contributed by atoms with Crippen LogP contribution in [0.15, 0.2) is 46.9 Å². The first kappa shape index (κ1) is 20.9. The van der Waals surface area contributed by atoms with Crippen molar-refractivity contribution in [2.45, 2.75) is 33.1 Å². The van der Waals surface area contributed by atoms with Gasteiger partial charge in [0.2, 0.25) is 5.89 Å². The van der Waals surface area contributed by atoms with E-state index in [4.69, 9.17) is 44.3 Å². The smallest absolute Gasteiger partial charge is 0.268 e. The highest BCUT2D eigenvalue weighted by atomic mass is 35.5. The lowest BCUT2D eigenvalue weighted by molar-refractivity contribution is 0.398. The van der Waals surface area contributed by atoms with Gasteiger partial charge in [0, 0.05) is 26.6 Å². The van der Waals surface area contributed by atoms with Crippen LogP contribution in [0.25, 0.3) is 28.5 Å². The minimum atomic E-state index is -0.267. The second-order valence-corrected chi connectivity index (χ2v) is 9.28. The molecule has 0 radical (unpaired) electrons. The van der Waals surface area contributed by atoms with Gasteiger partial charge < -0.3 is 4.42 Å². The normalized spacial score (nSPS) is 11.8. The average Bonchev–Trinajstić information content (AvgIpc) is 3.26. The molecule has 0 aliphatic rings. The van der Waals surface area contributed by atoms with Gasteiger partial charge in [0.15, 0.2) is 5.69 Å². The first-order valence-electron chi connectivity index (χ1n) is 9.30. The maximum atomic E-state index is 6.50. The van der Waals surface area contributed by atoms with Crippen LogP contribution in [0.2, 0.25) is 15.1 Å². The Morgan fingerprint density at radius 1 is 0.933 bits per heavy atom. The molecule has 0 amide bonds. The fourth-order valence-corrected chi connectivity index (χ4v) is 3.80. The fourth-order valence-electron chi connectivity index (χ4n) is 3.12. The van der Waals surface area contributed by atoms with Crippen molar-refractivity contribution in [2.24, 2.45) is 0 Å². The molecule has 4 aromatic rings. The molecule has 0 fully saturated rings. The molecule has 154 valence electrons. The van der Waals surface area contributed by atoms with E-state index in [2.05, 4.69) is 10.2 Å². The van der Waals surface area contributed by atoms with Gasteiger partial charge in [0.1, 0.15) is 0 Å². The first-order valence-corrected chi connectivity index (χ1v) is 10.4. The summed E-state index contributed by atoms with van der Waals surface area (Å²) in [6.07, 6.45) is 0. The molecule has 5 nitrogen and oxygen atoms in total. The number of benzene rings is 2. The van der Waals surface area contributed by atoms with Crippen molar-refractivity contribution in [3.8, 4) is 28.5 Å². The molecule has 2 aromatic carbocycles. The topological polar surface area (TPSA) is 56.7 Å². The Labute approximate surface area is 189 Å². The van der Waals surface area contributed by atoms with Crippen LogP contribution in [0, 0.1) is 6.92 Å². The summed E-state index contributed by atoms with van der Waals surface area (Å²) >= 11 is 18.9. The van der Waals surface area contributed by atoms with Crippen LogP contribution in [-0.4, -0.2) is 20.0 Å². The van der Waals surface area contributed by atoms with Gasteiger partial charge in [-0.15, -0.1) is 10.2 Å². The monoisotopic (exact) mass is 460 g/mol. The summed E-state index contributed by atoms with van der Waals surface area (Å²) in [5.74, 6) is 0.893. The van der Waals surface area contributed by atoms with Crippen molar-refractivity contribution in [2.75, 3.05) is 0 Å². The maximum Gasteiger partial charge on any atom is 0.268 e. The van der Waals surface area contributed by atoms with Gasteiger partial charge in [-0.2, -0.15) is 5.10 Å². The molecular formula is C22H19Cl3N4O. The number of nitrogens with zero attached hydrogens (tertiary/aromatic N) is 4. The van der Waals surface area contributed by atoms with Crippen LogP contribution in [-0.2, 0) is 5.41 Å². The number of hydrogen-bond acceptors (Lipinski definition) is 4. The van der Waals surface area contributed by atoms with Gasteiger partial charge in [-0.25, -0.2) is 4.68 Å². The summed E-state index contributed by atoms with van der Waals surface area (Å²) in [6, 6.07) is 12.8. The predicted molar refractivity (Wildman–Crippen MR) is 121 cm³/mol. The highest BCUT2D eigenvalue weighted by Gasteiger charge is 2.26. The molecule has 0 N–H and O–H groups in total. The molecule has 0 spiro atoms. The summed E-state index contributed by atoms with van der Waals surface area (Å²) < 4.78 is 7.71.